The molecule has 0 atom stereocenters. The fraction of sp³-hybridized carbons (Fsp3) is 0.238. The molecule has 15 heteroatoms. The number of nitrogens with one attached hydrogen (secondary N) is 2. The number of anilines is 4. The molecule has 190 valence electrons. The van der Waals surface area contributed by atoms with Crippen molar-refractivity contribution >= 4 is 23.4 Å². The minimum absolute atomic E-state index is 0.0528. The zero-order chi connectivity index (χ0) is 26.5. The second-order valence-corrected chi connectivity index (χ2v) is 6.73. The molecule has 0 aliphatic carbocycles. The van der Waals surface area contributed by atoms with E-state index in [2.05, 4.69) is 40.7 Å². The number of halogens is 6. The van der Waals surface area contributed by atoms with Crippen molar-refractivity contribution in [2.45, 2.75) is 26.2 Å². The first kappa shape index (κ1) is 26.3. The highest BCUT2D eigenvalue weighted by molar-refractivity contribution is 5.61. The average molecular weight is 511 g/mol. The van der Waals surface area contributed by atoms with E-state index in [1.165, 1.54) is 23.0 Å². The van der Waals surface area contributed by atoms with E-state index in [9.17, 15) is 26.3 Å². The van der Waals surface area contributed by atoms with E-state index in [0.29, 0.717) is 5.82 Å². The SMILES string of the molecule is CC.Cn1nccc1Nc1nc(Nc2ccnc(C(F)(F)F)c2)nc(-c2cccc(C(F)(F)F)n2)n1. The molecule has 0 bridgehead atoms. The standard InChI is InChI=1S/C19H13F6N9.C2H6/c1-34-14(6-8-27-34)30-17-32-15(11-3-2-4-12(29-11)18(20,21)22)31-16(33-17)28-10-5-7-26-13(9-10)19(23,24)25;1-2/h2-9H,1H3,(H2,26,28,30,31,32,33);1-2H3. The summed E-state index contributed by atoms with van der Waals surface area (Å²) in [6, 6.07) is 6.74. The molecule has 4 rings (SSSR count). The third-order valence-corrected chi connectivity index (χ3v) is 4.27. The summed E-state index contributed by atoms with van der Waals surface area (Å²) in [5.74, 6) is -0.171. The van der Waals surface area contributed by atoms with Crippen LogP contribution in [0.3, 0.4) is 0 Å². The maximum absolute atomic E-state index is 13.1. The predicted octanol–water partition coefficient (Wildman–Crippen LogP) is 5.61. The van der Waals surface area contributed by atoms with Gasteiger partial charge in [0.1, 0.15) is 22.9 Å². The minimum atomic E-state index is -4.70. The maximum Gasteiger partial charge on any atom is 0.433 e. The van der Waals surface area contributed by atoms with E-state index >= 15 is 0 Å². The van der Waals surface area contributed by atoms with Crippen LogP contribution in [0.25, 0.3) is 11.5 Å². The van der Waals surface area contributed by atoms with Crippen molar-refractivity contribution in [3.05, 3.63) is 60.2 Å². The molecule has 9 nitrogen and oxygen atoms in total. The van der Waals surface area contributed by atoms with Crippen LogP contribution in [0.1, 0.15) is 25.2 Å². The minimum Gasteiger partial charge on any atom is -0.324 e. The number of nitrogens with zero attached hydrogens (tertiary/aromatic N) is 7. The lowest BCUT2D eigenvalue weighted by atomic mass is 10.3. The summed E-state index contributed by atoms with van der Waals surface area (Å²) in [6.07, 6.45) is -6.97. The fourth-order valence-corrected chi connectivity index (χ4v) is 2.72. The van der Waals surface area contributed by atoms with Crippen molar-refractivity contribution in [1.29, 1.82) is 0 Å². The van der Waals surface area contributed by atoms with Crippen LogP contribution in [0.15, 0.2) is 48.8 Å². The Hall–Kier alpha value is -4.30. The number of alkyl halides is 6. The highest BCUT2D eigenvalue weighted by atomic mass is 19.4. The van der Waals surface area contributed by atoms with Gasteiger partial charge in [-0.2, -0.15) is 46.4 Å². The van der Waals surface area contributed by atoms with Crippen LogP contribution in [0.2, 0.25) is 0 Å². The monoisotopic (exact) mass is 511 g/mol. The van der Waals surface area contributed by atoms with Gasteiger partial charge in [0.05, 0.1) is 6.20 Å². The number of pyridine rings is 2. The Bertz CT molecular complexity index is 1320. The third kappa shape index (κ3) is 6.43. The highest BCUT2D eigenvalue weighted by Crippen LogP contribution is 2.31. The van der Waals surface area contributed by atoms with Gasteiger partial charge in [-0.3, -0.25) is 9.67 Å². The first-order valence-electron chi connectivity index (χ1n) is 10.3. The molecule has 2 N–H and O–H groups in total. The Morgan fingerprint density at radius 1 is 0.750 bits per heavy atom. The lowest BCUT2D eigenvalue weighted by Crippen LogP contribution is -2.11. The van der Waals surface area contributed by atoms with Crippen LogP contribution in [0.4, 0.5) is 49.7 Å². The molecule has 0 amide bonds. The van der Waals surface area contributed by atoms with E-state index in [-0.39, 0.29) is 29.1 Å². The molecule has 4 heterocycles. The third-order valence-electron chi connectivity index (χ3n) is 4.27. The van der Waals surface area contributed by atoms with E-state index < -0.39 is 23.7 Å². The first-order valence-corrected chi connectivity index (χ1v) is 10.3. The average Bonchev–Trinajstić information content (AvgIpc) is 3.23. The molecule has 0 aliphatic rings. The van der Waals surface area contributed by atoms with Gasteiger partial charge in [0.15, 0.2) is 5.82 Å². The highest BCUT2D eigenvalue weighted by Gasteiger charge is 2.33. The second kappa shape index (κ2) is 10.5. The molecule has 0 aromatic carbocycles. The molecule has 4 aromatic heterocycles. The molecule has 0 radical (unpaired) electrons. The normalized spacial score (nSPS) is 11.5. The largest absolute Gasteiger partial charge is 0.433 e. The molecule has 0 saturated heterocycles. The fourth-order valence-electron chi connectivity index (χ4n) is 2.72. The molecular weight excluding hydrogens is 492 g/mol. The molecule has 0 saturated carbocycles. The van der Waals surface area contributed by atoms with Gasteiger partial charge >= 0.3 is 12.4 Å². The van der Waals surface area contributed by atoms with Crippen molar-refractivity contribution in [3.63, 3.8) is 0 Å². The molecule has 0 unspecified atom stereocenters. The van der Waals surface area contributed by atoms with Gasteiger partial charge in [0.2, 0.25) is 11.9 Å². The van der Waals surface area contributed by atoms with Crippen molar-refractivity contribution in [2.24, 2.45) is 7.05 Å². The van der Waals surface area contributed by atoms with Crippen LogP contribution < -0.4 is 10.6 Å². The zero-order valence-electron chi connectivity index (χ0n) is 19.0. The van der Waals surface area contributed by atoms with Gasteiger partial charge in [0, 0.05) is 25.0 Å². The quantitative estimate of drug-likeness (QED) is 0.333. The van der Waals surface area contributed by atoms with Crippen molar-refractivity contribution in [2.75, 3.05) is 10.6 Å². The molecule has 0 spiro atoms. The Labute approximate surface area is 200 Å². The van der Waals surface area contributed by atoms with Crippen LogP contribution in [-0.4, -0.2) is 34.7 Å². The Kier molecular flexibility index (Phi) is 7.70. The van der Waals surface area contributed by atoms with Gasteiger partial charge in [-0.1, -0.05) is 19.9 Å². The van der Waals surface area contributed by atoms with Crippen molar-refractivity contribution in [1.82, 2.24) is 34.7 Å². The number of rotatable bonds is 5. The van der Waals surface area contributed by atoms with Crippen LogP contribution in [0, 0.1) is 0 Å². The zero-order valence-corrected chi connectivity index (χ0v) is 19.0. The number of hydrogen-bond donors (Lipinski definition) is 2. The van der Waals surface area contributed by atoms with E-state index in [0.717, 1.165) is 24.4 Å². The topological polar surface area (TPSA) is 106 Å². The summed E-state index contributed by atoms with van der Waals surface area (Å²) in [7, 11) is 1.62. The first-order chi connectivity index (χ1) is 17.0. The second-order valence-electron chi connectivity index (χ2n) is 6.73. The van der Waals surface area contributed by atoms with E-state index in [1.54, 1.807) is 13.1 Å². The lowest BCUT2D eigenvalue weighted by molar-refractivity contribution is -0.141. The van der Waals surface area contributed by atoms with Gasteiger partial charge in [-0.25, -0.2) is 4.98 Å². The summed E-state index contributed by atoms with van der Waals surface area (Å²) in [5, 5.41) is 9.39. The number of hydrogen-bond acceptors (Lipinski definition) is 8. The van der Waals surface area contributed by atoms with Gasteiger partial charge in [-0.15, -0.1) is 0 Å². The van der Waals surface area contributed by atoms with Crippen molar-refractivity contribution in [3.8, 4) is 11.5 Å². The summed E-state index contributed by atoms with van der Waals surface area (Å²) in [5.41, 5.74) is -2.59. The summed E-state index contributed by atoms with van der Waals surface area (Å²) >= 11 is 0. The summed E-state index contributed by atoms with van der Waals surface area (Å²) in [4.78, 5) is 19.1. The van der Waals surface area contributed by atoms with Crippen LogP contribution >= 0.6 is 0 Å². The smallest absolute Gasteiger partial charge is 0.324 e. The van der Waals surface area contributed by atoms with E-state index in [1.807, 2.05) is 13.8 Å². The molecule has 4 aromatic rings. The Morgan fingerprint density at radius 3 is 2.03 bits per heavy atom. The summed E-state index contributed by atoms with van der Waals surface area (Å²) < 4.78 is 79.7. The van der Waals surface area contributed by atoms with Gasteiger partial charge in [0.25, 0.3) is 0 Å². The van der Waals surface area contributed by atoms with Crippen LogP contribution in [0.5, 0.6) is 0 Å². The molecule has 36 heavy (non-hydrogen) atoms. The van der Waals surface area contributed by atoms with Crippen LogP contribution in [-0.2, 0) is 19.4 Å². The number of aromatic nitrogens is 7. The lowest BCUT2D eigenvalue weighted by Gasteiger charge is -2.12. The number of aryl methyl sites for hydroxylation is 1. The Morgan fingerprint density at radius 2 is 1.42 bits per heavy atom. The maximum atomic E-state index is 13.1. The van der Waals surface area contributed by atoms with Gasteiger partial charge < -0.3 is 10.6 Å². The predicted molar refractivity (Wildman–Crippen MR) is 118 cm³/mol. The Balaban J connectivity index is 0.00000176. The summed E-state index contributed by atoms with van der Waals surface area (Å²) in [6.45, 7) is 4.00. The van der Waals surface area contributed by atoms with Crippen molar-refractivity contribution < 1.29 is 26.3 Å². The molecule has 0 aliphatic heterocycles. The molecular formula is C21H19F6N9. The van der Waals surface area contributed by atoms with E-state index in [4.69, 9.17) is 0 Å². The van der Waals surface area contributed by atoms with Gasteiger partial charge in [-0.05, 0) is 24.3 Å². The molecule has 0 fully saturated rings.